The van der Waals surface area contributed by atoms with E-state index in [9.17, 15) is 9.59 Å². The fraction of sp³-hybridized carbons (Fsp3) is 0.333. The highest BCUT2D eigenvalue weighted by atomic mass is 16.2. The normalized spacial score (nSPS) is 14.2. The second-order valence-electron chi connectivity index (χ2n) is 6.58. The largest absolute Gasteiger partial charge is 0.326 e. The molecule has 1 fully saturated rings. The van der Waals surface area contributed by atoms with Crippen molar-refractivity contribution in [1.29, 1.82) is 0 Å². The molecule has 0 heterocycles. The van der Waals surface area contributed by atoms with E-state index >= 15 is 0 Å². The molecule has 1 aliphatic carbocycles. The summed E-state index contributed by atoms with van der Waals surface area (Å²) in [5, 5.41) is 5.86. The number of nitrogens with one attached hydrogen (secondary N) is 2. The second kappa shape index (κ2) is 8.47. The fourth-order valence-corrected chi connectivity index (χ4v) is 3.20. The number of carbonyl (C=O) groups is 2. The smallest absolute Gasteiger partial charge is 0.227 e. The predicted octanol–water partition coefficient (Wildman–Crippen LogP) is 4.39. The van der Waals surface area contributed by atoms with E-state index in [1.807, 2.05) is 54.6 Å². The molecular formula is C21H24N2O2. The molecule has 0 atom stereocenters. The van der Waals surface area contributed by atoms with Gasteiger partial charge in [0, 0.05) is 23.7 Å². The lowest BCUT2D eigenvalue weighted by molar-refractivity contribution is -0.119. The van der Waals surface area contributed by atoms with Crippen LogP contribution in [-0.2, 0) is 16.0 Å². The molecule has 0 radical (unpaired) electrons. The Morgan fingerprint density at radius 1 is 0.840 bits per heavy atom. The summed E-state index contributed by atoms with van der Waals surface area (Å²) in [7, 11) is 0. The lowest BCUT2D eigenvalue weighted by Gasteiger charge is -2.11. The van der Waals surface area contributed by atoms with Crippen LogP contribution in [0.5, 0.6) is 0 Å². The van der Waals surface area contributed by atoms with Crippen molar-refractivity contribution in [3.8, 4) is 0 Å². The zero-order valence-corrected chi connectivity index (χ0v) is 14.3. The van der Waals surface area contributed by atoms with Gasteiger partial charge in [-0.2, -0.15) is 0 Å². The Hall–Kier alpha value is -2.62. The number of anilines is 2. The Morgan fingerprint density at radius 2 is 1.44 bits per heavy atom. The third kappa shape index (κ3) is 5.18. The Kier molecular flexibility index (Phi) is 5.83. The van der Waals surface area contributed by atoms with Crippen LogP contribution in [-0.4, -0.2) is 11.8 Å². The van der Waals surface area contributed by atoms with Gasteiger partial charge in [-0.25, -0.2) is 0 Å². The van der Waals surface area contributed by atoms with Crippen molar-refractivity contribution in [2.45, 2.75) is 38.5 Å². The molecule has 0 saturated heterocycles. The molecule has 130 valence electrons. The number of aryl methyl sites for hydroxylation is 1. The van der Waals surface area contributed by atoms with E-state index in [0.717, 1.165) is 49.0 Å². The molecule has 1 saturated carbocycles. The molecule has 2 aromatic rings. The highest BCUT2D eigenvalue weighted by molar-refractivity contribution is 5.94. The molecule has 0 bridgehead atoms. The van der Waals surface area contributed by atoms with E-state index in [2.05, 4.69) is 10.6 Å². The Labute approximate surface area is 148 Å². The molecule has 25 heavy (non-hydrogen) atoms. The van der Waals surface area contributed by atoms with E-state index in [1.54, 1.807) is 0 Å². The monoisotopic (exact) mass is 336 g/mol. The molecule has 4 heteroatoms. The maximum atomic E-state index is 12.1. The van der Waals surface area contributed by atoms with Gasteiger partial charge in [0.1, 0.15) is 0 Å². The standard InChI is InChI=1S/C21H24N2O2/c24-20(15-10-16-6-2-1-3-7-16)22-18-11-13-19(14-12-18)23-21(25)17-8-4-5-9-17/h1-3,6-7,11-14,17H,4-5,8-10,15H2,(H,22,24)(H,23,25). The highest BCUT2D eigenvalue weighted by Gasteiger charge is 2.22. The van der Waals surface area contributed by atoms with Crippen LogP contribution in [0, 0.1) is 5.92 Å². The van der Waals surface area contributed by atoms with Crippen molar-refractivity contribution in [1.82, 2.24) is 0 Å². The van der Waals surface area contributed by atoms with Gasteiger partial charge in [-0.3, -0.25) is 9.59 Å². The quantitative estimate of drug-likeness (QED) is 0.822. The molecule has 0 aliphatic heterocycles. The molecule has 0 unspecified atom stereocenters. The first kappa shape index (κ1) is 17.2. The van der Waals surface area contributed by atoms with Gasteiger partial charge >= 0.3 is 0 Å². The van der Waals surface area contributed by atoms with Crippen molar-refractivity contribution in [3.63, 3.8) is 0 Å². The summed E-state index contributed by atoms with van der Waals surface area (Å²) >= 11 is 0. The van der Waals surface area contributed by atoms with Gasteiger partial charge < -0.3 is 10.6 Å². The van der Waals surface area contributed by atoms with Crippen LogP contribution in [0.25, 0.3) is 0 Å². The first-order valence-electron chi connectivity index (χ1n) is 8.95. The first-order valence-corrected chi connectivity index (χ1v) is 8.95. The minimum Gasteiger partial charge on any atom is -0.326 e. The van der Waals surface area contributed by atoms with E-state index in [1.165, 1.54) is 0 Å². The van der Waals surface area contributed by atoms with Crippen molar-refractivity contribution >= 4 is 23.2 Å². The Morgan fingerprint density at radius 3 is 2.08 bits per heavy atom. The van der Waals surface area contributed by atoms with Crippen LogP contribution in [0.4, 0.5) is 11.4 Å². The fourth-order valence-electron chi connectivity index (χ4n) is 3.20. The summed E-state index contributed by atoms with van der Waals surface area (Å²) < 4.78 is 0. The number of benzene rings is 2. The van der Waals surface area contributed by atoms with Gasteiger partial charge in [-0.1, -0.05) is 43.2 Å². The van der Waals surface area contributed by atoms with E-state index in [0.29, 0.717) is 6.42 Å². The Balaban J connectivity index is 1.46. The topological polar surface area (TPSA) is 58.2 Å². The highest BCUT2D eigenvalue weighted by Crippen LogP contribution is 2.26. The lowest BCUT2D eigenvalue weighted by Crippen LogP contribution is -2.20. The Bertz CT molecular complexity index is 704. The summed E-state index contributed by atoms with van der Waals surface area (Å²) in [6, 6.07) is 17.3. The maximum Gasteiger partial charge on any atom is 0.227 e. The van der Waals surface area contributed by atoms with Crippen molar-refractivity contribution < 1.29 is 9.59 Å². The number of rotatable bonds is 6. The maximum absolute atomic E-state index is 12.1. The van der Waals surface area contributed by atoms with E-state index in [-0.39, 0.29) is 17.7 Å². The van der Waals surface area contributed by atoms with E-state index in [4.69, 9.17) is 0 Å². The van der Waals surface area contributed by atoms with Gasteiger partial charge in [-0.15, -0.1) is 0 Å². The van der Waals surface area contributed by atoms with Gasteiger partial charge in [0.25, 0.3) is 0 Å². The van der Waals surface area contributed by atoms with Gasteiger partial charge in [0.2, 0.25) is 11.8 Å². The zero-order chi connectivity index (χ0) is 17.5. The van der Waals surface area contributed by atoms with Crippen LogP contribution >= 0.6 is 0 Å². The van der Waals surface area contributed by atoms with Crippen LogP contribution in [0.15, 0.2) is 54.6 Å². The van der Waals surface area contributed by atoms with Crippen molar-refractivity contribution in [2.24, 2.45) is 5.92 Å². The van der Waals surface area contributed by atoms with Gasteiger partial charge in [0.15, 0.2) is 0 Å². The molecule has 4 nitrogen and oxygen atoms in total. The summed E-state index contributed by atoms with van der Waals surface area (Å²) in [6.45, 7) is 0. The molecule has 2 amide bonds. The number of carbonyl (C=O) groups excluding carboxylic acids is 2. The van der Waals surface area contributed by atoms with Gasteiger partial charge in [-0.05, 0) is 49.1 Å². The van der Waals surface area contributed by atoms with Gasteiger partial charge in [0.05, 0.1) is 0 Å². The summed E-state index contributed by atoms with van der Waals surface area (Å²) in [5.74, 6) is 0.251. The molecule has 1 aliphatic rings. The minimum absolute atomic E-state index is 0.00778. The van der Waals surface area contributed by atoms with Crippen LogP contribution in [0.3, 0.4) is 0 Å². The molecule has 3 rings (SSSR count). The lowest BCUT2D eigenvalue weighted by atomic mass is 10.1. The molecule has 0 spiro atoms. The number of hydrogen-bond donors (Lipinski definition) is 2. The summed E-state index contributed by atoms with van der Waals surface area (Å²) in [5.41, 5.74) is 2.68. The first-order chi connectivity index (χ1) is 12.2. The van der Waals surface area contributed by atoms with E-state index < -0.39 is 0 Å². The molecule has 2 N–H and O–H groups in total. The van der Waals surface area contributed by atoms with Crippen LogP contribution < -0.4 is 10.6 Å². The van der Waals surface area contributed by atoms with Crippen LogP contribution in [0.1, 0.15) is 37.7 Å². The van der Waals surface area contributed by atoms with Crippen LogP contribution in [0.2, 0.25) is 0 Å². The minimum atomic E-state index is -0.00778. The molecular weight excluding hydrogens is 312 g/mol. The predicted molar refractivity (Wildman–Crippen MR) is 100 cm³/mol. The number of hydrogen-bond acceptors (Lipinski definition) is 2. The third-order valence-electron chi connectivity index (χ3n) is 4.65. The average molecular weight is 336 g/mol. The molecule has 2 aromatic carbocycles. The van der Waals surface area contributed by atoms with Crippen molar-refractivity contribution in [2.75, 3.05) is 10.6 Å². The third-order valence-corrected chi connectivity index (χ3v) is 4.65. The second-order valence-corrected chi connectivity index (χ2v) is 6.58. The average Bonchev–Trinajstić information content (AvgIpc) is 3.17. The van der Waals surface area contributed by atoms with Crippen molar-refractivity contribution in [3.05, 3.63) is 60.2 Å². The summed E-state index contributed by atoms with van der Waals surface area (Å²) in [4.78, 5) is 24.2. The summed E-state index contributed by atoms with van der Waals surface area (Å²) in [6.07, 6.45) is 5.44. The zero-order valence-electron chi connectivity index (χ0n) is 14.3. The molecule has 0 aromatic heterocycles. The SMILES string of the molecule is O=C(CCc1ccccc1)Nc1ccc(NC(=O)C2CCCC2)cc1. The number of amides is 2.